The molecule has 2 N–H and O–H groups in total. The molecule has 0 unspecified atom stereocenters. The van der Waals surface area contributed by atoms with Crippen molar-refractivity contribution in [1.82, 2.24) is 0 Å². The summed E-state index contributed by atoms with van der Waals surface area (Å²) in [6, 6.07) is 22.3. The number of carbonyl (C=O) groups is 1. The minimum atomic E-state index is -0.189. The summed E-state index contributed by atoms with van der Waals surface area (Å²) in [6.07, 6.45) is 0.454. The number of para-hydroxylation sites is 2. The third-order valence-corrected chi connectivity index (χ3v) is 5.59. The van der Waals surface area contributed by atoms with Gasteiger partial charge >= 0.3 is 0 Å². The van der Waals surface area contributed by atoms with Crippen molar-refractivity contribution in [3.05, 3.63) is 100 Å². The summed E-state index contributed by atoms with van der Waals surface area (Å²) in [4.78, 5) is 17.9. The molecule has 3 aromatic rings. The molecule has 0 saturated carbocycles. The van der Waals surface area contributed by atoms with Crippen LogP contribution in [0.3, 0.4) is 0 Å². The van der Waals surface area contributed by atoms with Gasteiger partial charge in [-0.3, -0.25) is 9.79 Å². The Balaban J connectivity index is 1.64. The minimum Gasteiger partial charge on any atom is -0.506 e. The van der Waals surface area contributed by atoms with Crippen LogP contribution < -0.4 is 5.32 Å². The Morgan fingerprint density at radius 2 is 1.62 bits per heavy atom. The highest BCUT2D eigenvalue weighted by Gasteiger charge is 2.34. The number of Topliss-reactive ketones (excluding diaryl/α,β-unsaturated/α-hetero) is 1. The van der Waals surface area contributed by atoms with Gasteiger partial charge in [0.05, 0.1) is 28.7 Å². The van der Waals surface area contributed by atoms with E-state index in [4.69, 9.17) is 16.6 Å². The molecule has 3 aromatic carbocycles. The fraction of sp³-hybridized carbons (Fsp3) is 0.0833. The second-order valence-corrected chi connectivity index (χ2v) is 7.56. The topological polar surface area (TPSA) is 61.7 Å². The van der Waals surface area contributed by atoms with Gasteiger partial charge in [0.1, 0.15) is 5.76 Å². The van der Waals surface area contributed by atoms with E-state index in [2.05, 4.69) is 5.32 Å². The smallest absolute Gasteiger partial charge is 0.199 e. The molecule has 4 nitrogen and oxygen atoms in total. The van der Waals surface area contributed by atoms with Crippen LogP contribution in [0.25, 0.3) is 5.76 Å². The van der Waals surface area contributed by atoms with Gasteiger partial charge in [0.25, 0.3) is 0 Å². The average molecular weight is 401 g/mol. The number of ketones is 1. The molecule has 0 spiro atoms. The largest absolute Gasteiger partial charge is 0.506 e. The molecule has 0 bridgehead atoms. The number of hydrogen-bond acceptors (Lipinski definition) is 4. The normalized spacial score (nSPS) is 17.9. The van der Waals surface area contributed by atoms with Gasteiger partial charge in [0.2, 0.25) is 0 Å². The Morgan fingerprint density at radius 1 is 0.931 bits per heavy atom. The Hall–Kier alpha value is -3.37. The number of carbonyl (C=O) groups excluding carboxylic acids is 1. The molecule has 0 fully saturated rings. The molecule has 0 aromatic heterocycles. The lowest BCUT2D eigenvalue weighted by Gasteiger charge is -2.19. The van der Waals surface area contributed by atoms with Crippen molar-refractivity contribution >= 4 is 40.2 Å². The standard InChI is InChI=1S/C24H17ClN2O2/c25-15-11-9-14(10-12-15)20-13-21(27-19-8-4-3-7-18(19)26-20)22-23(28)16-5-1-2-6-17(16)24(22)29/h1-12,20,26,28H,13H2/t20-/m1/s1. The number of rotatable bonds is 2. The lowest BCUT2D eigenvalue weighted by Crippen LogP contribution is -2.17. The number of nitrogens with zero attached hydrogens (tertiary/aromatic N) is 1. The molecule has 1 aliphatic carbocycles. The van der Waals surface area contributed by atoms with Crippen molar-refractivity contribution in [3.63, 3.8) is 0 Å². The summed E-state index contributed by atoms with van der Waals surface area (Å²) in [7, 11) is 0. The van der Waals surface area contributed by atoms with Crippen LogP contribution in [0.4, 0.5) is 11.4 Å². The SMILES string of the molecule is O=C1C(C2=Nc3ccccc3N[C@@H](c3ccc(Cl)cc3)C2)=C(O)c2ccccc21. The summed E-state index contributed by atoms with van der Waals surface area (Å²) in [6.45, 7) is 0. The fourth-order valence-corrected chi connectivity index (χ4v) is 4.03. The van der Waals surface area contributed by atoms with Crippen LogP contribution >= 0.6 is 11.6 Å². The van der Waals surface area contributed by atoms with E-state index in [9.17, 15) is 9.90 Å². The average Bonchev–Trinajstić information content (AvgIpc) is 2.88. The molecule has 0 saturated heterocycles. The van der Waals surface area contributed by atoms with Crippen LogP contribution in [0.15, 0.2) is 83.4 Å². The second kappa shape index (κ2) is 6.90. The molecule has 0 amide bonds. The van der Waals surface area contributed by atoms with Gasteiger partial charge < -0.3 is 10.4 Å². The zero-order valence-electron chi connectivity index (χ0n) is 15.4. The van der Waals surface area contributed by atoms with E-state index in [0.29, 0.717) is 28.3 Å². The summed E-state index contributed by atoms with van der Waals surface area (Å²) in [5, 5.41) is 15.0. The van der Waals surface area contributed by atoms with Gasteiger partial charge in [0.15, 0.2) is 5.78 Å². The maximum Gasteiger partial charge on any atom is 0.199 e. The number of fused-ring (bicyclic) bond motifs is 2. The van der Waals surface area contributed by atoms with Crippen molar-refractivity contribution in [3.8, 4) is 0 Å². The quantitative estimate of drug-likeness (QED) is 0.543. The van der Waals surface area contributed by atoms with Crippen LogP contribution in [0.1, 0.15) is 33.9 Å². The van der Waals surface area contributed by atoms with E-state index in [-0.39, 0.29) is 23.2 Å². The number of benzene rings is 3. The van der Waals surface area contributed by atoms with E-state index >= 15 is 0 Å². The number of allylic oxidation sites excluding steroid dienone is 1. The fourth-order valence-electron chi connectivity index (χ4n) is 3.90. The third kappa shape index (κ3) is 3.02. The van der Waals surface area contributed by atoms with Crippen molar-refractivity contribution in [2.75, 3.05) is 5.32 Å². The van der Waals surface area contributed by atoms with E-state index in [1.54, 1.807) is 18.2 Å². The first-order chi connectivity index (χ1) is 14.1. The lowest BCUT2D eigenvalue weighted by molar-refractivity contribution is 0.104. The highest BCUT2D eigenvalue weighted by Crippen LogP contribution is 2.39. The summed E-state index contributed by atoms with van der Waals surface area (Å²) in [5.41, 5.74) is 4.57. The molecule has 29 heavy (non-hydrogen) atoms. The summed E-state index contributed by atoms with van der Waals surface area (Å²) < 4.78 is 0. The van der Waals surface area contributed by atoms with E-state index in [1.807, 2.05) is 54.6 Å². The Labute approximate surface area is 173 Å². The first-order valence-electron chi connectivity index (χ1n) is 9.38. The molecule has 1 aliphatic heterocycles. The highest BCUT2D eigenvalue weighted by atomic mass is 35.5. The van der Waals surface area contributed by atoms with Gasteiger partial charge in [-0.05, 0) is 29.8 Å². The van der Waals surface area contributed by atoms with Crippen molar-refractivity contribution in [1.29, 1.82) is 0 Å². The number of aliphatic hydroxyl groups is 1. The van der Waals surface area contributed by atoms with Crippen LogP contribution in [0, 0.1) is 0 Å². The third-order valence-electron chi connectivity index (χ3n) is 5.34. The van der Waals surface area contributed by atoms with Crippen molar-refractivity contribution in [2.45, 2.75) is 12.5 Å². The van der Waals surface area contributed by atoms with E-state index in [1.165, 1.54) is 0 Å². The molecule has 1 heterocycles. The molecule has 5 heteroatoms. The zero-order chi connectivity index (χ0) is 20.0. The maximum absolute atomic E-state index is 13.1. The van der Waals surface area contributed by atoms with Crippen molar-refractivity contribution in [2.24, 2.45) is 4.99 Å². The van der Waals surface area contributed by atoms with Gasteiger partial charge in [0, 0.05) is 22.6 Å². The molecule has 0 radical (unpaired) electrons. The van der Waals surface area contributed by atoms with Gasteiger partial charge in [-0.1, -0.05) is 60.1 Å². The molecule has 1 atom stereocenters. The van der Waals surface area contributed by atoms with E-state index < -0.39 is 0 Å². The number of halogens is 1. The van der Waals surface area contributed by atoms with Gasteiger partial charge in [-0.15, -0.1) is 0 Å². The first-order valence-corrected chi connectivity index (χ1v) is 9.76. The second-order valence-electron chi connectivity index (χ2n) is 7.13. The van der Waals surface area contributed by atoms with Crippen LogP contribution in [0.5, 0.6) is 0 Å². The van der Waals surface area contributed by atoms with Gasteiger partial charge in [-0.25, -0.2) is 0 Å². The number of aliphatic hydroxyl groups excluding tert-OH is 1. The molecule has 142 valence electrons. The number of hydrogen-bond donors (Lipinski definition) is 2. The molecule has 2 aliphatic rings. The number of aliphatic imine (C=N–C) groups is 1. The minimum absolute atomic E-state index is 0.00131. The molecular formula is C24H17ClN2O2. The Kier molecular flexibility index (Phi) is 4.22. The zero-order valence-corrected chi connectivity index (χ0v) is 16.1. The first kappa shape index (κ1) is 17.7. The Bertz CT molecular complexity index is 1200. The van der Waals surface area contributed by atoms with Crippen LogP contribution in [-0.2, 0) is 0 Å². The summed E-state index contributed by atoms with van der Waals surface area (Å²) >= 11 is 6.06. The molecular weight excluding hydrogens is 384 g/mol. The maximum atomic E-state index is 13.1. The number of anilines is 1. The highest BCUT2D eigenvalue weighted by molar-refractivity contribution is 6.36. The van der Waals surface area contributed by atoms with E-state index in [0.717, 1.165) is 16.9 Å². The van der Waals surface area contributed by atoms with Crippen LogP contribution in [0.2, 0.25) is 5.02 Å². The Morgan fingerprint density at radius 3 is 2.38 bits per heavy atom. The predicted molar refractivity (Wildman–Crippen MR) is 116 cm³/mol. The summed E-state index contributed by atoms with van der Waals surface area (Å²) in [5.74, 6) is -0.190. The number of nitrogens with one attached hydrogen (secondary N) is 1. The predicted octanol–water partition coefficient (Wildman–Crippen LogP) is 6.14. The lowest BCUT2D eigenvalue weighted by atomic mass is 9.95. The van der Waals surface area contributed by atoms with Crippen molar-refractivity contribution < 1.29 is 9.90 Å². The molecule has 5 rings (SSSR count). The van der Waals surface area contributed by atoms with Crippen LogP contribution in [-0.4, -0.2) is 16.6 Å². The van der Waals surface area contributed by atoms with Gasteiger partial charge in [-0.2, -0.15) is 0 Å². The monoisotopic (exact) mass is 400 g/mol.